The van der Waals surface area contributed by atoms with Crippen molar-refractivity contribution in [2.75, 3.05) is 0 Å². The summed E-state index contributed by atoms with van der Waals surface area (Å²) >= 11 is 3.46. The summed E-state index contributed by atoms with van der Waals surface area (Å²) in [4.78, 5) is 8.55. The predicted molar refractivity (Wildman–Crippen MR) is 53.5 cm³/mol. The maximum atomic E-state index is 4.34. The van der Waals surface area contributed by atoms with Crippen LogP contribution in [-0.2, 0) is 0 Å². The summed E-state index contributed by atoms with van der Waals surface area (Å²) in [7, 11) is 0. The highest BCUT2D eigenvalue weighted by atomic mass is 79.9. The molecule has 0 amide bonds. The number of fused-ring (bicyclic) bond motifs is 1. The van der Waals surface area contributed by atoms with Gasteiger partial charge in [-0.05, 0) is 40.9 Å². The summed E-state index contributed by atoms with van der Waals surface area (Å²) in [5.74, 6) is 0. The van der Waals surface area contributed by atoms with Gasteiger partial charge in [0.15, 0.2) is 10.4 Å². The molecule has 0 saturated heterocycles. The van der Waals surface area contributed by atoms with E-state index in [4.69, 9.17) is 0 Å². The molecule has 0 N–H and O–H groups in total. The van der Waals surface area contributed by atoms with E-state index < -0.39 is 0 Å². The highest BCUT2D eigenvalue weighted by Gasteiger charge is 2.27. The molecule has 0 aliphatic heterocycles. The molecule has 1 fully saturated rings. The highest BCUT2D eigenvalue weighted by molar-refractivity contribution is 9.10. The molecule has 2 heterocycles. The third-order valence-corrected chi connectivity index (χ3v) is 2.89. The van der Waals surface area contributed by atoms with Crippen molar-refractivity contribution in [1.82, 2.24) is 14.5 Å². The molecule has 3 rings (SSSR count). The first-order chi connectivity index (χ1) is 6.36. The van der Waals surface area contributed by atoms with E-state index in [-0.39, 0.29) is 0 Å². The van der Waals surface area contributed by atoms with Crippen molar-refractivity contribution in [3.05, 3.63) is 23.1 Å². The van der Waals surface area contributed by atoms with Crippen molar-refractivity contribution in [3.8, 4) is 0 Å². The van der Waals surface area contributed by atoms with E-state index in [1.165, 1.54) is 12.8 Å². The Morgan fingerprint density at radius 3 is 3.08 bits per heavy atom. The molecule has 0 bridgehead atoms. The Kier molecular flexibility index (Phi) is 1.47. The molecular formula is C9H8BrN3. The Labute approximate surface area is 83.9 Å². The predicted octanol–water partition coefficient (Wildman–Crippen LogP) is 2.53. The van der Waals surface area contributed by atoms with Gasteiger partial charge in [-0.3, -0.25) is 0 Å². The first-order valence-electron chi connectivity index (χ1n) is 4.35. The fourth-order valence-electron chi connectivity index (χ4n) is 1.58. The van der Waals surface area contributed by atoms with Crippen LogP contribution in [0, 0.1) is 0 Å². The zero-order valence-corrected chi connectivity index (χ0v) is 8.53. The number of imidazole rings is 1. The van der Waals surface area contributed by atoms with Crippen LogP contribution < -0.4 is 0 Å². The lowest BCUT2D eigenvalue weighted by atomic mass is 10.4. The Morgan fingerprint density at radius 2 is 2.31 bits per heavy atom. The number of nitrogens with zero attached hydrogens (tertiary/aromatic N) is 3. The molecule has 0 atom stereocenters. The van der Waals surface area contributed by atoms with Crippen LogP contribution in [0.25, 0.3) is 11.2 Å². The van der Waals surface area contributed by atoms with Gasteiger partial charge >= 0.3 is 0 Å². The number of hydrogen-bond donors (Lipinski definition) is 0. The first kappa shape index (κ1) is 7.50. The number of halogens is 1. The molecule has 0 spiro atoms. The molecule has 66 valence electrons. The van der Waals surface area contributed by atoms with Crippen molar-refractivity contribution >= 4 is 27.1 Å². The van der Waals surface area contributed by atoms with Crippen LogP contribution in [0.15, 0.2) is 23.1 Å². The summed E-state index contributed by atoms with van der Waals surface area (Å²) < 4.78 is 3.13. The maximum absolute atomic E-state index is 4.34. The second-order valence-corrected chi connectivity index (χ2v) is 4.04. The van der Waals surface area contributed by atoms with Crippen LogP contribution in [0.2, 0.25) is 0 Å². The zero-order chi connectivity index (χ0) is 8.84. The smallest absolute Gasteiger partial charge is 0.180 e. The fraction of sp³-hybridized carbons (Fsp3) is 0.333. The molecule has 13 heavy (non-hydrogen) atoms. The second-order valence-electron chi connectivity index (χ2n) is 3.33. The van der Waals surface area contributed by atoms with E-state index in [9.17, 15) is 0 Å². The minimum atomic E-state index is 0.642. The number of pyridine rings is 1. The van der Waals surface area contributed by atoms with Crippen molar-refractivity contribution in [1.29, 1.82) is 0 Å². The fourth-order valence-corrected chi connectivity index (χ4v) is 2.23. The largest absolute Gasteiger partial charge is 0.314 e. The van der Waals surface area contributed by atoms with Crippen molar-refractivity contribution in [3.63, 3.8) is 0 Å². The van der Waals surface area contributed by atoms with Gasteiger partial charge in [0, 0.05) is 12.2 Å². The third kappa shape index (κ3) is 1.09. The molecule has 2 aromatic rings. The van der Waals surface area contributed by atoms with Crippen LogP contribution >= 0.6 is 15.9 Å². The molecule has 1 aliphatic rings. The van der Waals surface area contributed by atoms with Crippen molar-refractivity contribution in [2.45, 2.75) is 18.9 Å². The second kappa shape index (κ2) is 2.54. The summed E-state index contributed by atoms with van der Waals surface area (Å²) in [5, 5.41) is 0. The van der Waals surface area contributed by atoms with Gasteiger partial charge in [0.05, 0.1) is 5.52 Å². The first-order valence-corrected chi connectivity index (χ1v) is 5.14. The van der Waals surface area contributed by atoms with Gasteiger partial charge < -0.3 is 4.57 Å². The van der Waals surface area contributed by atoms with Crippen LogP contribution in [0.1, 0.15) is 18.9 Å². The van der Waals surface area contributed by atoms with Gasteiger partial charge in [0.1, 0.15) is 0 Å². The molecule has 0 radical (unpaired) electrons. The number of aromatic nitrogens is 3. The van der Waals surface area contributed by atoms with E-state index in [1.807, 2.05) is 6.07 Å². The van der Waals surface area contributed by atoms with E-state index in [2.05, 4.69) is 36.5 Å². The number of hydrogen-bond acceptors (Lipinski definition) is 2. The van der Waals surface area contributed by atoms with Crippen LogP contribution in [0.5, 0.6) is 0 Å². The molecule has 0 aromatic carbocycles. The van der Waals surface area contributed by atoms with E-state index >= 15 is 0 Å². The lowest BCUT2D eigenvalue weighted by Gasteiger charge is -2.00. The molecule has 0 unspecified atom stereocenters. The average molecular weight is 238 g/mol. The monoisotopic (exact) mass is 237 g/mol. The van der Waals surface area contributed by atoms with Gasteiger partial charge in [-0.25, -0.2) is 9.97 Å². The maximum Gasteiger partial charge on any atom is 0.180 e. The van der Waals surface area contributed by atoms with Gasteiger partial charge in [-0.15, -0.1) is 0 Å². The summed E-state index contributed by atoms with van der Waals surface area (Å²) in [5.41, 5.74) is 1.97. The minimum absolute atomic E-state index is 0.642. The SMILES string of the molecule is Brc1nc2ncccc2n1C1CC1. The van der Waals surface area contributed by atoms with Gasteiger partial charge in [0.25, 0.3) is 0 Å². The Hall–Kier alpha value is -0.900. The Balaban J connectivity index is 2.35. The van der Waals surface area contributed by atoms with E-state index in [0.29, 0.717) is 6.04 Å². The Morgan fingerprint density at radius 1 is 1.46 bits per heavy atom. The molecule has 3 nitrogen and oxygen atoms in total. The molecule has 1 saturated carbocycles. The standard InChI is InChI=1S/C9H8BrN3/c10-9-12-8-7(2-1-5-11-8)13(9)6-3-4-6/h1-2,5-6H,3-4H2. The average Bonchev–Trinajstić information content (AvgIpc) is 2.88. The molecule has 4 heteroatoms. The summed E-state index contributed by atoms with van der Waals surface area (Å²) in [6.07, 6.45) is 4.30. The Bertz CT molecular complexity index is 459. The topological polar surface area (TPSA) is 30.7 Å². The summed E-state index contributed by atoms with van der Waals surface area (Å²) in [6, 6.07) is 4.66. The molecule has 1 aliphatic carbocycles. The van der Waals surface area contributed by atoms with E-state index in [0.717, 1.165) is 15.9 Å². The normalized spacial score (nSPS) is 16.7. The van der Waals surface area contributed by atoms with Crippen molar-refractivity contribution in [2.24, 2.45) is 0 Å². The lowest BCUT2D eigenvalue weighted by Crippen LogP contribution is -1.92. The van der Waals surface area contributed by atoms with Crippen molar-refractivity contribution < 1.29 is 0 Å². The third-order valence-electron chi connectivity index (χ3n) is 2.33. The minimum Gasteiger partial charge on any atom is -0.314 e. The lowest BCUT2D eigenvalue weighted by molar-refractivity contribution is 0.745. The van der Waals surface area contributed by atoms with Crippen LogP contribution in [0.3, 0.4) is 0 Å². The molecule has 2 aromatic heterocycles. The molecular weight excluding hydrogens is 230 g/mol. The van der Waals surface area contributed by atoms with Gasteiger partial charge in [0.2, 0.25) is 0 Å². The quantitative estimate of drug-likeness (QED) is 0.764. The summed E-state index contributed by atoms with van der Waals surface area (Å²) in [6.45, 7) is 0. The van der Waals surface area contributed by atoms with Crippen LogP contribution in [0.4, 0.5) is 0 Å². The van der Waals surface area contributed by atoms with Gasteiger partial charge in [-0.2, -0.15) is 0 Å². The zero-order valence-electron chi connectivity index (χ0n) is 6.94. The highest BCUT2D eigenvalue weighted by Crippen LogP contribution is 2.39. The van der Waals surface area contributed by atoms with E-state index in [1.54, 1.807) is 6.20 Å². The van der Waals surface area contributed by atoms with Crippen LogP contribution in [-0.4, -0.2) is 14.5 Å². The number of rotatable bonds is 1. The van der Waals surface area contributed by atoms with Gasteiger partial charge in [-0.1, -0.05) is 0 Å².